The molecule has 0 aromatic carbocycles. The summed E-state index contributed by atoms with van der Waals surface area (Å²) in [6, 6.07) is 5.66. The zero-order chi connectivity index (χ0) is 9.52. The lowest BCUT2D eigenvalue weighted by molar-refractivity contribution is 1.08. The van der Waals surface area contributed by atoms with Gasteiger partial charge in [-0.3, -0.25) is 0 Å². The monoisotopic (exact) mass is 212 g/mol. The first kappa shape index (κ1) is 10.4. The van der Waals surface area contributed by atoms with Crippen molar-refractivity contribution in [1.29, 1.82) is 5.26 Å². The molecule has 0 fully saturated rings. The Hall–Kier alpha value is -0.720. The molecule has 1 rings (SSSR count). The summed E-state index contributed by atoms with van der Waals surface area (Å²) >= 11 is 7.20. The second-order valence-corrected chi connectivity index (χ2v) is 3.88. The van der Waals surface area contributed by atoms with Crippen LogP contribution in [0.25, 0.3) is 0 Å². The summed E-state index contributed by atoms with van der Waals surface area (Å²) in [6.07, 6.45) is 2.57. The van der Waals surface area contributed by atoms with Crippen molar-refractivity contribution >= 4 is 23.4 Å². The van der Waals surface area contributed by atoms with Gasteiger partial charge in [0.25, 0.3) is 0 Å². The lowest BCUT2D eigenvalue weighted by Gasteiger charge is -1.97. The molecule has 0 spiro atoms. The fraction of sp³-hybridized carbons (Fsp3) is 0.333. The van der Waals surface area contributed by atoms with Gasteiger partial charge in [-0.15, -0.1) is 23.4 Å². The van der Waals surface area contributed by atoms with Crippen molar-refractivity contribution in [2.75, 3.05) is 11.6 Å². The highest BCUT2D eigenvalue weighted by Gasteiger charge is 1.95. The van der Waals surface area contributed by atoms with Crippen LogP contribution in [0, 0.1) is 11.3 Å². The number of alkyl halides is 1. The minimum absolute atomic E-state index is 0.599. The number of nitrogens with zero attached hydrogens (tertiary/aromatic N) is 2. The molecule has 0 unspecified atom stereocenters. The van der Waals surface area contributed by atoms with Crippen molar-refractivity contribution in [3.63, 3.8) is 0 Å². The van der Waals surface area contributed by atoms with E-state index in [9.17, 15) is 0 Å². The Morgan fingerprint density at radius 2 is 2.38 bits per heavy atom. The number of aromatic nitrogens is 1. The Balaban J connectivity index is 2.46. The van der Waals surface area contributed by atoms with Crippen molar-refractivity contribution < 1.29 is 0 Å². The summed E-state index contributed by atoms with van der Waals surface area (Å²) in [5, 5.41) is 9.48. The van der Waals surface area contributed by atoms with E-state index in [0.29, 0.717) is 11.4 Å². The Morgan fingerprint density at radius 1 is 1.54 bits per heavy atom. The molecule has 0 radical (unpaired) electrons. The van der Waals surface area contributed by atoms with E-state index in [0.717, 1.165) is 17.2 Å². The molecule has 1 aromatic heterocycles. The van der Waals surface area contributed by atoms with Crippen molar-refractivity contribution in [1.82, 2.24) is 4.98 Å². The van der Waals surface area contributed by atoms with Gasteiger partial charge in [-0.25, -0.2) is 4.98 Å². The molecule has 1 heterocycles. The third kappa shape index (κ3) is 3.67. The summed E-state index contributed by atoms with van der Waals surface area (Å²) in [5.74, 6) is 1.66. The number of hydrogen-bond donors (Lipinski definition) is 0. The smallest absolute Gasteiger partial charge is 0.101 e. The second-order valence-electron chi connectivity index (χ2n) is 2.39. The molecule has 0 amide bonds. The van der Waals surface area contributed by atoms with E-state index in [1.807, 2.05) is 12.1 Å². The molecule has 2 nitrogen and oxygen atoms in total. The summed E-state index contributed by atoms with van der Waals surface area (Å²) in [6.45, 7) is 0. The molecule has 0 saturated heterocycles. The molecule has 0 aliphatic heterocycles. The van der Waals surface area contributed by atoms with Gasteiger partial charge in [-0.1, -0.05) is 0 Å². The van der Waals surface area contributed by atoms with Gasteiger partial charge in [-0.2, -0.15) is 5.26 Å². The van der Waals surface area contributed by atoms with Crippen LogP contribution < -0.4 is 0 Å². The Kier molecular flexibility index (Phi) is 4.66. The van der Waals surface area contributed by atoms with E-state index < -0.39 is 0 Å². The van der Waals surface area contributed by atoms with Crippen LogP contribution in [0.2, 0.25) is 0 Å². The first-order valence-corrected chi connectivity index (χ1v) is 5.43. The maximum atomic E-state index is 8.53. The molecule has 13 heavy (non-hydrogen) atoms. The highest BCUT2D eigenvalue weighted by atomic mass is 35.5. The van der Waals surface area contributed by atoms with Crippen LogP contribution in [0.15, 0.2) is 23.4 Å². The van der Waals surface area contributed by atoms with Crippen LogP contribution in [0.3, 0.4) is 0 Å². The molecule has 0 aliphatic rings. The third-order valence-electron chi connectivity index (χ3n) is 1.39. The first-order valence-electron chi connectivity index (χ1n) is 3.91. The van der Waals surface area contributed by atoms with E-state index in [1.54, 1.807) is 24.0 Å². The Bertz CT molecular complexity index is 291. The maximum absolute atomic E-state index is 8.53. The van der Waals surface area contributed by atoms with Gasteiger partial charge < -0.3 is 0 Å². The highest BCUT2D eigenvalue weighted by Crippen LogP contribution is 2.15. The molecular weight excluding hydrogens is 204 g/mol. The van der Waals surface area contributed by atoms with Crippen LogP contribution in [0.4, 0.5) is 0 Å². The zero-order valence-electron chi connectivity index (χ0n) is 7.03. The van der Waals surface area contributed by atoms with Gasteiger partial charge in [0.2, 0.25) is 0 Å². The average Bonchev–Trinajstić information content (AvgIpc) is 2.19. The normalized spacial score (nSPS) is 9.54. The topological polar surface area (TPSA) is 36.7 Å². The van der Waals surface area contributed by atoms with Crippen LogP contribution >= 0.6 is 23.4 Å². The van der Waals surface area contributed by atoms with Gasteiger partial charge in [0, 0.05) is 17.8 Å². The van der Waals surface area contributed by atoms with Gasteiger partial charge in [0.15, 0.2) is 0 Å². The molecule has 0 saturated carbocycles. The second kappa shape index (κ2) is 5.85. The molecule has 4 heteroatoms. The predicted octanol–water partition coefficient (Wildman–Crippen LogP) is 2.67. The zero-order valence-corrected chi connectivity index (χ0v) is 8.61. The fourth-order valence-electron chi connectivity index (χ4n) is 0.763. The first-order chi connectivity index (χ1) is 6.36. The summed E-state index contributed by atoms with van der Waals surface area (Å²) in [7, 11) is 0. The molecule has 0 bridgehead atoms. The largest absolute Gasteiger partial charge is 0.249 e. The lowest BCUT2D eigenvalue weighted by atomic mass is 10.3. The lowest BCUT2D eigenvalue weighted by Crippen LogP contribution is -1.84. The van der Waals surface area contributed by atoms with Crippen LogP contribution in [-0.2, 0) is 0 Å². The number of pyridine rings is 1. The SMILES string of the molecule is N#Cc1ccc(SCCCCl)nc1. The van der Waals surface area contributed by atoms with Gasteiger partial charge in [0.1, 0.15) is 6.07 Å². The van der Waals surface area contributed by atoms with Crippen molar-refractivity contribution in [2.45, 2.75) is 11.4 Å². The predicted molar refractivity (Wildman–Crippen MR) is 55.0 cm³/mol. The van der Waals surface area contributed by atoms with E-state index in [4.69, 9.17) is 16.9 Å². The number of nitriles is 1. The van der Waals surface area contributed by atoms with Gasteiger partial charge in [-0.05, 0) is 18.6 Å². The summed E-state index contributed by atoms with van der Waals surface area (Å²) < 4.78 is 0. The molecular formula is C9H9ClN2S. The van der Waals surface area contributed by atoms with Crippen molar-refractivity contribution in [2.24, 2.45) is 0 Å². The van der Waals surface area contributed by atoms with E-state index in [-0.39, 0.29) is 0 Å². The number of thioether (sulfide) groups is 1. The molecule has 0 N–H and O–H groups in total. The minimum atomic E-state index is 0.599. The molecule has 1 aromatic rings. The highest BCUT2D eigenvalue weighted by molar-refractivity contribution is 7.99. The average molecular weight is 213 g/mol. The van der Waals surface area contributed by atoms with E-state index in [2.05, 4.69) is 4.98 Å². The number of hydrogen-bond acceptors (Lipinski definition) is 3. The standard InChI is InChI=1S/C9H9ClN2S/c10-4-1-5-13-9-3-2-8(6-11)7-12-9/h2-3,7H,1,4-5H2. The van der Waals surface area contributed by atoms with Crippen LogP contribution in [-0.4, -0.2) is 16.6 Å². The molecule has 0 aliphatic carbocycles. The van der Waals surface area contributed by atoms with Gasteiger partial charge in [0.05, 0.1) is 10.6 Å². The van der Waals surface area contributed by atoms with E-state index >= 15 is 0 Å². The quantitative estimate of drug-likeness (QED) is 0.438. The maximum Gasteiger partial charge on any atom is 0.101 e. The summed E-state index contributed by atoms with van der Waals surface area (Å²) in [5.41, 5.74) is 0.599. The summed E-state index contributed by atoms with van der Waals surface area (Å²) in [4.78, 5) is 4.12. The van der Waals surface area contributed by atoms with Gasteiger partial charge >= 0.3 is 0 Å². The van der Waals surface area contributed by atoms with Crippen molar-refractivity contribution in [3.8, 4) is 6.07 Å². The minimum Gasteiger partial charge on any atom is -0.249 e. The van der Waals surface area contributed by atoms with Crippen LogP contribution in [0.5, 0.6) is 0 Å². The number of rotatable bonds is 4. The van der Waals surface area contributed by atoms with E-state index in [1.165, 1.54) is 0 Å². The van der Waals surface area contributed by atoms with Crippen LogP contribution in [0.1, 0.15) is 12.0 Å². The molecule has 0 atom stereocenters. The Labute approximate surface area is 86.9 Å². The molecule has 68 valence electrons. The fourth-order valence-corrected chi connectivity index (χ4v) is 1.84. The third-order valence-corrected chi connectivity index (χ3v) is 2.69. The number of halogens is 1. The Morgan fingerprint density at radius 3 is 2.92 bits per heavy atom. The van der Waals surface area contributed by atoms with Crippen molar-refractivity contribution in [3.05, 3.63) is 23.9 Å².